The van der Waals surface area contributed by atoms with Gasteiger partial charge in [0.25, 0.3) is 0 Å². The molecular formula is C8H14O. The normalized spacial score (nSPS) is 34.9. The van der Waals surface area contributed by atoms with Crippen molar-refractivity contribution in [3.05, 3.63) is 0 Å². The predicted molar refractivity (Wildman–Crippen MR) is 37.1 cm³/mol. The number of hydrogen-bond donors (Lipinski definition) is 0. The van der Waals surface area contributed by atoms with Gasteiger partial charge in [0.2, 0.25) is 0 Å². The summed E-state index contributed by atoms with van der Waals surface area (Å²) in [6, 6.07) is 0. The first-order chi connectivity index (χ1) is 3.94. The molecule has 0 heterocycles. The summed E-state index contributed by atoms with van der Waals surface area (Å²) in [5.74, 6) is 1.13. The van der Waals surface area contributed by atoms with E-state index in [2.05, 4.69) is 20.8 Å². The van der Waals surface area contributed by atoms with Gasteiger partial charge >= 0.3 is 0 Å². The van der Waals surface area contributed by atoms with Gasteiger partial charge in [0.15, 0.2) is 0 Å². The van der Waals surface area contributed by atoms with Crippen molar-refractivity contribution >= 4 is 5.78 Å². The van der Waals surface area contributed by atoms with Gasteiger partial charge in [-0.15, -0.1) is 0 Å². The highest BCUT2D eigenvalue weighted by atomic mass is 16.1. The lowest BCUT2D eigenvalue weighted by molar-refractivity contribution is -0.112. The molecule has 0 N–H and O–H groups in total. The van der Waals surface area contributed by atoms with Crippen molar-refractivity contribution in [2.24, 2.45) is 17.3 Å². The molecule has 2 atom stereocenters. The highest BCUT2D eigenvalue weighted by molar-refractivity contribution is 5.99. The van der Waals surface area contributed by atoms with Crippen molar-refractivity contribution in [1.82, 2.24) is 0 Å². The van der Waals surface area contributed by atoms with Crippen molar-refractivity contribution < 1.29 is 4.79 Å². The van der Waals surface area contributed by atoms with Crippen LogP contribution in [0.25, 0.3) is 0 Å². The van der Waals surface area contributed by atoms with Crippen LogP contribution in [0.15, 0.2) is 0 Å². The molecule has 0 aromatic heterocycles. The molecule has 0 aromatic carbocycles. The van der Waals surface area contributed by atoms with Crippen molar-refractivity contribution in [2.75, 3.05) is 0 Å². The molecular weight excluding hydrogens is 112 g/mol. The number of Topliss-reactive ketones (excluding diaryl/α,β-unsaturated/α-hetero) is 1. The lowest BCUT2D eigenvalue weighted by Gasteiger charge is -2.14. The van der Waals surface area contributed by atoms with E-state index in [9.17, 15) is 4.79 Å². The largest absolute Gasteiger partial charge is 0.299 e. The van der Waals surface area contributed by atoms with Gasteiger partial charge in [-0.25, -0.2) is 0 Å². The Balaban J connectivity index is 2.60. The minimum atomic E-state index is 0.205. The highest BCUT2D eigenvalue weighted by Crippen LogP contribution is 2.46. The summed E-state index contributed by atoms with van der Waals surface area (Å²) in [6.07, 6.45) is 0. The Morgan fingerprint density at radius 2 is 1.67 bits per heavy atom. The zero-order chi connectivity index (χ0) is 7.23. The van der Waals surface area contributed by atoms with E-state index in [0.29, 0.717) is 17.6 Å². The van der Waals surface area contributed by atoms with Gasteiger partial charge in [-0.05, 0) is 5.41 Å². The zero-order valence-electron chi connectivity index (χ0n) is 6.56. The summed E-state index contributed by atoms with van der Waals surface area (Å²) in [6.45, 7) is 8.38. The molecule has 0 unspecified atom stereocenters. The third-order valence-electron chi connectivity index (χ3n) is 2.08. The van der Waals surface area contributed by atoms with E-state index in [1.165, 1.54) is 0 Å². The molecule has 0 aliphatic heterocycles. The number of hydrogen-bond acceptors (Lipinski definition) is 1. The van der Waals surface area contributed by atoms with Crippen LogP contribution in [0.1, 0.15) is 27.7 Å². The average molecular weight is 126 g/mol. The first-order valence-electron chi connectivity index (χ1n) is 3.48. The monoisotopic (exact) mass is 126 g/mol. The first kappa shape index (κ1) is 6.79. The molecule has 1 fully saturated rings. The van der Waals surface area contributed by atoms with Crippen LogP contribution in [-0.2, 0) is 4.79 Å². The molecule has 52 valence electrons. The van der Waals surface area contributed by atoms with E-state index in [1.54, 1.807) is 0 Å². The number of ketones is 1. The second-order valence-corrected chi connectivity index (χ2v) is 4.03. The van der Waals surface area contributed by atoms with Crippen LogP contribution in [0.3, 0.4) is 0 Å². The van der Waals surface area contributed by atoms with Gasteiger partial charge < -0.3 is 0 Å². The lowest BCUT2D eigenvalue weighted by atomic mass is 9.89. The molecule has 1 nitrogen and oxygen atoms in total. The molecule has 1 aliphatic rings. The molecule has 1 heteroatoms. The third-order valence-corrected chi connectivity index (χ3v) is 2.08. The van der Waals surface area contributed by atoms with Crippen LogP contribution in [0, 0.1) is 17.3 Å². The van der Waals surface area contributed by atoms with Gasteiger partial charge in [-0.2, -0.15) is 0 Å². The fraction of sp³-hybridized carbons (Fsp3) is 0.875. The first-order valence-corrected chi connectivity index (χ1v) is 3.48. The molecule has 1 aliphatic carbocycles. The van der Waals surface area contributed by atoms with Crippen molar-refractivity contribution in [2.45, 2.75) is 27.7 Å². The van der Waals surface area contributed by atoms with Crippen LogP contribution in [0.4, 0.5) is 0 Å². The molecule has 0 aromatic rings. The quantitative estimate of drug-likeness (QED) is 0.484. The molecule has 1 saturated carbocycles. The van der Waals surface area contributed by atoms with Crippen LogP contribution in [0.5, 0.6) is 0 Å². The van der Waals surface area contributed by atoms with E-state index in [4.69, 9.17) is 0 Å². The lowest BCUT2D eigenvalue weighted by Crippen LogP contribution is -2.09. The Bertz CT molecular complexity index is 141. The molecule has 0 bridgehead atoms. The summed E-state index contributed by atoms with van der Waals surface area (Å²) >= 11 is 0. The van der Waals surface area contributed by atoms with Gasteiger partial charge in [-0.3, -0.25) is 4.79 Å². The Hall–Kier alpha value is -0.330. The summed E-state index contributed by atoms with van der Waals surface area (Å²) in [7, 11) is 0. The van der Waals surface area contributed by atoms with Gasteiger partial charge in [-0.1, -0.05) is 27.7 Å². The average Bonchev–Trinajstić information content (AvgIpc) is 2.11. The smallest absolute Gasteiger partial charge is 0.140 e. The summed E-state index contributed by atoms with van der Waals surface area (Å²) in [5.41, 5.74) is 0.205. The van der Waals surface area contributed by atoms with E-state index < -0.39 is 0 Å². The predicted octanol–water partition coefficient (Wildman–Crippen LogP) is 1.87. The molecule has 0 amide bonds. The van der Waals surface area contributed by atoms with E-state index in [1.807, 2.05) is 6.92 Å². The summed E-state index contributed by atoms with van der Waals surface area (Å²) in [5, 5.41) is 0. The molecule has 0 spiro atoms. The van der Waals surface area contributed by atoms with Crippen LogP contribution in [-0.4, -0.2) is 5.78 Å². The Morgan fingerprint density at radius 3 is 1.67 bits per heavy atom. The zero-order valence-corrected chi connectivity index (χ0v) is 6.56. The Morgan fingerprint density at radius 1 is 1.33 bits per heavy atom. The topological polar surface area (TPSA) is 17.1 Å². The highest BCUT2D eigenvalue weighted by Gasteiger charge is 2.51. The second kappa shape index (κ2) is 1.59. The fourth-order valence-corrected chi connectivity index (χ4v) is 1.54. The third kappa shape index (κ3) is 1.00. The van der Waals surface area contributed by atoms with Gasteiger partial charge in [0.1, 0.15) is 5.78 Å². The minimum absolute atomic E-state index is 0.205. The van der Waals surface area contributed by atoms with Crippen molar-refractivity contribution in [1.29, 1.82) is 0 Å². The Kier molecular flexibility index (Phi) is 1.20. The van der Waals surface area contributed by atoms with Gasteiger partial charge in [0.05, 0.1) is 0 Å². The van der Waals surface area contributed by atoms with E-state index >= 15 is 0 Å². The summed E-state index contributed by atoms with van der Waals surface area (Å²) < 4.78 is 0. The maximum atomic E-state index is 10.9. The maximum absolute atomic E-state index is 10.9. The Labute approximate surface area is 56.4 Å². The number of rotatable bonds is 0. The van der Waals surface area contributed by atoms with Crippen LogP contribution in [0.2, 0.25) is 0 Å². The number of carbonyl (C=O) groups is 1. The van der Waals surface area contributed by atoms with Gasteiger partial charge in [0, 0.05) is 11.8 Å². The maximum Gasteiger partial charge on any atom is 0.140 e. The SMILES string of the molecule is C[C@@H]1C(=O)[C@H]1C(C)(C)C. The molecule has 0 saturated heterocycles. The number of carbonyl (C=O) groups excluding carboxylic acids is 1. The van der Waals surface area contributed by atoms with Crippen molar-refractivity contribution in [3.8, 4) is 0 Å². The van der Waals surface area contributed by atoms with E-state index in [0.717, 1.165) is 0 Å². The van der Waals surface area contributed by atoms with E-state index in [-0.39, 0.29) is 5.41 Å². The summed E-state index contributed by atoms with van der Waals surface area (Å²) in [4.78, 5) is 10.9. The minimum Gasteiger partial charge on any atom is -0.299 e. The molecule has 1 rings (SSSR count). The molecule has 0 radical (unpaired) electrons. The second-order valence-electron chi connectivity index (χ2n) is 4.03. The fourth-order valence-electron chi connectivity index (χ4n) is 1.54. The van der Waals surface area contributed by atoms with Crippen LogP contribution < -0.4 is 0 Å². The standard InChI is InChI=1S/C8H14O/c1-5-6(7(5)9)8(2,3)4/h5-6H,1-4H3/t5-,6-/m0/s1. The van der Waals surface area contributed by atoms with Crippen LogP contribution >= 0.6 is 0 Å². The van der Waals surface area contributed by atoms with Crippen molar-refractivity contribution in [3.63, 3.8) is 0 Å². The molecule has 9 heavy (non-hydrogen) atoms.